The number of carbonyl (C=O) groups is 1. The number of fused-ring (bicyclic) bond motifs is 8. The molecule has 9 nitrogen and oxygen atoms in total. The molecule has 0 aliphatic carbocycles. The zero-order valence-electron chi connectivity index (χ0n) is 19.7. The van der Waals surface area contributed by atoms with E-state index in [1.54, 1.807) is 0 Å². The number of amides is 1. The van der Waals surface area contributed by atoms with Crippen LogP contribution in [0.4, 0.5) is 4.79 Å². The first-order valence-electron chi connectivity index (χ1n) is 10.6. The molecule has 4 aliphatic rings. The molecule has 4 aliphatic heterocycles. The van der Waals surface area contributed by atoms with E-state index in [0.717, 1.165) is 0 Å². The van der Waals surface area contributed by atoms with Gasteiger partial charge in [0.15, 0.2) is 20.1 Å². The summed E-state index contributed by atoms with van der Waals surface area (Å²) >= 11 is 0. The zero-order chi connectivity index (χ0) is 22.5. The van der Waals surface area contributed by atoms with Gasteiger partial charge in [0.05, 0.1) is 0 Å². The van der Waals surface area contributed by atoms with Crippen molar-refractivity contribution in [3.63, 3.8) is 0 Å². The fourth-order valence-electron chi connectivity index (χ4n) is 4.40. The topological polar surface area (TPSA) is 91.2 Å². The van der Waals surface area contributed by atoms with Crippen LogP contribution in [0.25, 0.3) is 0 Å². The van der Waals surface area contributed by atoms with E-state index in [0.29, 0.717) is 0 Å². The van der Waals surface area contributed by atoms with E-state index in [1.165, 1.54) is 5.01 Å². The van der Waals surface area contributed by atoms with Crippen molar-refractivity contribution in [2.75, 3.05) is 0 Å². The Bertz CT molecular complexity index is 773. The molecule has 30 heavy (non-hydrogen) atoms. The second-order valence-corrected chi connectivity index (χ2v) is 16.4. The Morgan fingerprint density at radius 3 is 2.20 bits per heavy atom. The predicted octanol–water partition coefficient (Wildman–Crippen LogP) is 3.99. The van der Waals surface area contributed by atoms with Crippen LogP contribution < -0.4 is 0 Å². The van der Waals surface area contributed by atoms with Crippen molar-refractivity contribution in [3.8, 4) is 0 Å². The Labute approximate surface area is 179 Å². The third-order valence-electron chi connectivity index (χ3n) is 6.62. The third-order valence-corrected chi connectivity index (χ3v) is 11.1. The lowest BCUT2D eigenvalue weighted by Gasteiger charge is -2.49. The number of ether oxygens (including phenoxy) is 4. The van der Waals surface area contributed by atoms with E-state index in [2.05, 4.69) is 44.2 Å². The van der Waals surface area contributed by atoms with Crippen molar-refractivity contribution >= 4 is 14.4 Å². The molecule has 0 unspecified atom stereocenters. The molecule has 0 saturated carbocycles. The van der Waals surface area contributed by atoms with E-state index in [1.807, 2.05) is 34.6 Å². The minimum atomic E-state index is -2.37. The predicted molar refractivity (Wildman–Crippen MR) is 110 cm³/mol. The lowest BCUT2D eigenvalue weighted by Crippen LogP contribution is -2.70. The highest BCUT2D eigenvalue weighted by molar-refractivity contribution is 6.74. The van der Waals surface area contributed by atoms with Gasteiger partial charge in [0.2, 0.25) is 5.72 Å². The van der Waals surface area contributed by atoms with E-state index < -0.39 is 49.8 Å². The molecule has 0 aromatic heterocycles. The normalized spacial score (nSPS) is 39.4. The Hall–Kier alpha value is -1.07. The summed E-state index contributed by atoms with van der Waals surface area (Å²) < 4.78 is 31.2. The largest absolute Gasteiger partial charge is 0.442 e. The van der Waals surface area contributed by atoms with Gasteiger partial charge in [-0.1, -0.05) is 26.0 Å². The van der Waals surface area contributed by atoms with Crippen LogP contribution in [0.5, 0.6) is 0 Å². The molecule has 0 aromatic carbocycles. The first-order valence-corrected chi connectivity index (χ1v) is 13.5. The molecule has 3 saturated heterocycles. The van der Waals surface area contributed by atoms with E-state index in [-0.39, 0.29) is 17.2 Å². The summed E-state index contributed by atoms with van der Waals surface area (Å²) in [6, 6.07) is -0.497. The molecule has 0 spiro atoms. The summed E-state index contributed by atoms with van der Waals surface area (Å²) in [5, 5.41) is 9.85. The van der Waals surface area contributed by atoms with Crippen LogP contribution >= 0.6 is 0 Å². The van der Waals surface area contributed by atoms with Crippen LogP contribution in [-0.4, -0.2) is 67.0 Å². The molecule has 170 valence electrons. The van der Waals surface area contributed by atoms with Crippen molar-refractivity contribution in [2.24, 2.45) is 10.3 Å². The minimum Gasteiger partial charge on any atom is -0.442 e. The van der Waals surface area contributed by atoms with E-state index >= 15 is 0 Å². The molecule has 4 heterocycles. The molecule has 4 rings (SSSR count). The molecular weight excluding hydrogens is 406 g/mol. The fraction of sp³-hybridized carbons (Fsp3) is 0.950. The van der Waals surface area contributed by atoms with Crippen LogP contribution in [0.2, 0.25) is 18.1 Å². The minimum absolute atomic E-state index is 0.0952. The van der Waals surface area contributed by atoms with Crippen molar-refractivity contribution in [1.29, 1.82) is 0 Å². The Morgan fingerprint density at radius 1 is 1.03 bits per heavy atom. The quantitative estimate of drug-likeness (QED) is 0.602. The first-order chi connectivity index (χ1) is 13.5. The fourth-order valence-corrected chi connectivity index (χ4v) is 5.85. The van der Waals surface area contributed by atoms with E-state index in [4.69, 9.17) is 23.4 Å². The van der Waals surface area contributed by atoms with Gasteiger partial charge in [-0.3, -0.25) is 0 Å². The van der Waals surface area contributed by atoms with Gasteiger partial charge in [0, 0.05) is 0 Å². The average Bonchev–Trinajstić information content (AvgIpc) is 3.18. The number of carbonyl (C=O) groups excluding carboxylic acids is 1. The molecule has 0 aromatic rings. The summed E-state index contributed by atoms with van der Waals surface area (Å²) in [6.07, 6.45) is -2.22. The van der Waals surface area contributed by atoms with Crippen LogP contribution in [0.15, 0.2) is 10.3 Å². The Balaban J connectivity index is 1.76. The lowest BCUT2D eigenvalue weighted by atomic mass is 9.83. The molecule has 0 N–H and O–H groups in total. The second-order valence-electron chi connectivity index (χ2n) is 11.6. The van der Waals surface area contributed by atoms with E-state index in [9.17, 15) is 4.79 Å². The van der Waals surface area contributed by atoms with Crippen LogP contribution in [-0.2, 0) is 23.4 Å². The van der Waals surface area contributed by atoms with Gasteiger partial charge in [0.25, 0.3) is 0 Å². The number of rotatable bonds is 2. The van der Waals surface area contributed by atoms with Crippen molar-refractivity contribution < 1.29 is 28.2 Å². The van der Waals surface area contributed by atoms with Crippen LogP contribution in [0, 0.1) is 0 Å². The summed E-state index contributed by atoms with van der Waals surface area (Å²) in [6.45, 7) is 20.0. The van der Waals surface area contributed by atoms with Gasteiger partial charge in [0.1, 0.15) is 30.0 Å². The highest BCUT2D eigenvalue weighted by atomic mass is 28.4. The number of hydrogen-bond donors (Lipinski definition) is 0. The van der Waals surface area contributed by atoms with Gasteiger partial charge in [-0.2, -0.15) is 5.11 Å². The van der Waals surface area contributed by atoms with Gasteiger partial charge in [-0.05, 0) is 52.8 Å². The standard InChI is InChI=1S/C20H35N3O6Si/c1-17(2,3)28-16(24)23-20(29-30(9,10)18(4,5)6)14(21-22-23)12-11-13(15(20)25-12)27-19(7,8)26-11/h11-15H,1-10H3/t11-,12+,13-,14+,15-,20-/m0/s1. The maximum Gasteiger partial charge on any atom is 0.435 e. The number of nitrogens with zero attached hydrogens (tertiary/aromatic N) is 3. The van der Waals surface area contributed by atoms with Gasteiger partial charge < -0.3 is 23.4 Å². The van der Waals surface area contributed by atoms with Crippen LogP contribution in [0.3, 0.4) is 0 Å². The molecule has 2 bridgehead atoms. The summed E-state index contributed by atoms with van der Waals surface area (Å²) in [5.41, 5.74) is -1.89. The third kappa shape index (κ3) is 3.14. The lowest BCUT2D eigenvalue weighted by molar-refractivity contribution is -0.195. The van der Waals surface area contributed by atoms with Gasteiger partial charge in [-0.25, -0.2) is 4.79 Å². The summed E-state index contributed by atoms with van der Waals surface area (Å²) in [5.74, 6) is -0.736. The maximum atomic E-state index is 13.2. The van der Waals surface area contributed by atoms with Crippen molar-refractivity contribution in [1.82, 2.24) is 5.01 Å². The molecule has 0 radical (unpaired) electrons. The molecule has 1 amide bonds. The van der Waals surface area contributed by atoms with Gasteiger partial charge in [-0.15, -0.1) is 5.01 Å². The highest BCUT2D eigenvalue weighted by Gasteiger charge is 2.79. The van der Waals surface area contributed by atoms with Gasteiger partial charge >= 0.3 is 6.09 Å². The molecule has 6 atom stereocenters. The Kier molecular flexibility index (Phi) is 4.61. The molecule has 3 fully saturated rings. The second kappa shape index (κ2) is 6.25. The first kappa shape index (κ1) is 22.1. The average molecular weight is 442 g/mol. The van der Waals surface area contributed by atoms with Crippen LogP contribution in [0.1, 0.15) is 55.4 Å². The monoisotopic (exact) mass is 441 g/mol. The SMILES string of the molecule is CC(C)(C)OC(=O)N1N=N[C@@H]2[C@@H]3O[C@@H]([C@H]4OC(C)(C)O[C@@H]34)[C@@]21O[Si](C)(C)C(C)(C)C. The van der Waals surface area contributed by atoms with Crippen molar-refractivity contribution in [2.45, 2.75) is 121 Å². The smallest absolute Gasteiger partial charge is 0.435 e. The molecule has 10 heteroatoms. The maximum absolute atomic E-state index is 13.2. The molecular formula is C20H35N3O6Si. The summed E-state index contributed by atoms with van der Waals surface area (Å²) in [7, 11) is -2.37. The Morgan fingerprint density at radius 2 is 1.63 bits per heavy atom. The number of hydrogen-bond acceptors (Lipinski definition) is 8. The summed E-state index contributed by atoms with van der Waals surface area (Å²) in [4.78, 5) is 13.2. The van der Waals surface area contributed by atoms with Crippen molar-refractivity contribution in [3.05, 3.63) is 0 Å². The zero-order valence-corrected chi connectivity index (χ0v) is 20.7. The highest BCUT2D eigenvalue weighted by Crippen LogP contribution is 2.58.